The van der Waals surface area contributed by atoms with Crippen LogP contribution in [0, 0.1) is 0 Å². The first-order valence-corrected chi connectivity index (χ1v) is 6.90. The van der Waals surface area contributed by atoms with Gasteiger partial charge in [0.15, 0.2) is 0 Å². The molecular weight excluding hydrogens is 262 g/mol. The molecule has 0 saturated heterocycles. The number of benzene rings is 1. The average Bonchev–Trinajstić information content (AvgIpc) is 2.84. The van der Waals surface area contributed by atoms with Gasteiger partial charge in [-0.25, -0.2) is 4.98 Å². The molecule has 0 atom stereocenters. The minimum Gasteiger partial charge on any atom is -0.481 e. The quantitative estimate of drug-likeness (QED) is 0.882. The molecule has 2 rings (SSSR count). The number of carboxylic acids is 1. The summed E-state index contributed by atoms with van der Waals surface area (Å²) in [6.45, 7) is 3.23. The summed E-state index contributed by atoms with van der Waals surface area (Å²) in [4.78, 5) is 15.0. The summed E-state index contributed by atoms with van der Waals surface area (Å²) in [7, 11) is 0. The van der Waals surface area contributed by atoms with Crippen molar-refractivity contribution in [2.75, 3.05) is 6.61 Å². The van der Waals surface area contributed by atoms with E-state index in [1.54, 1.807) is 5.38 Å². The van der Waals surface area contributed by atoms with Crippen LogP contribution in [0.15, 0.2) is 29.6 Å². The van der Waals surface area contributed by atoms with E-state index in [9.17, 15) is 4.79 Å². The van der Waals surface area contributed by atoms with E-state index in [0.717, 1.165) is 16.1 Å². The van der Waals surface area contributed by atoms with Crippen molar-refractivity contribution in [1.29, 1.82) is 0 Å². The van der Waals surface area contributed by atoms with Gasteiger partial charge in [-0.2, -0.15) is 0 Å². The number of carboxylic acid groups (broad SMARTS) is 1. The molecule has 4 nitrogen and oxygen atoms in total. The van der Waals surface area contributed by atoms with Gasteiger partial charge in [0.05, 0.1) is 18.7 Å². The fourth-order valence-corrected chi connectivity index (χ4v) is 2.51. The monoisotopic (exact) mass is 277 g/mol. The van der Waals surface area contributed by atoms with E-state index in [-0.39, 0.29) is 6.42 Å². The highest BCUT2D eigenvalue weighted by Gasteiger charge is 2.08. The number of aliphatic carboxylic acids is 1. The Morgan fingerprint density at radius 1 is 1.47 bits per heavy atom. The van der Waals surface area contributed by atoms with Crippen LogP contribution in [0.1, 0.15) is 18.2 Å². The number of nitrogens with zero attached hydrogens (tertiary/aromatic N) is 1. The van der Waals surface area contributed by atoms with Crippen molar-refractivity contribution in [3.05, 3.63) is 40.9 Å². The topological polar surface area (TPSA) is 59.4 Å². The number of rotatable bonds is 6. The van der Waals surface area contributed by atoms with Crippen molar-refractivity contribution in [3.63, 3.8) is 0 Å². The van der Waals surface area contributed by atoms with E-state index < -0.39 is 5.97 Å². The third-order valence-electron chi connectivity index (χ3n) is 2.53. The maximum absolute atomic E-state index is 10.6. The first-order chi connectivity index (χ1) is 9.19. The number of aromatic nitrogens is 1. The summed E-state index contributed by atoms with van der Waals surface area (Å²) in [6, 6.07) is 7.96. The molecular formula is C14H15NO3S. The molecule has 0 aliphatic rings. The van der Waals surface area contributed by atoms with E-state index in [4.69, 9.17) is 9.84 Å². The number of hydrogen-bond acceptors (Lipinski definition) is 4. The van der Waals surface area contributed by atoms with Gasteiger partial charge in [-0.05, 0) is 18.6 Å². The van der Waals surface area contributed by atoms with Crippen LogP contribution in [-0.2, 0) is 22.6 Å². The second kappa shape index (κ2) is 6.45. The van der Waals surface area contributed by atoms with Crippen molar-refractivity contribution in [3.8, 4) is 10.6 Å². The maximum atomic E-state index is 10.6. The Hall–Kier alpha value is -1.72. The molecule has 5 heteroatoms. The molecule has 0 spiro atoms. The Balaban J connectivity index is 2.16. The van der Waals surface area contributed by atoms with Gasteiger partial charge in [0.1, 0.15) is 5.01 Å². The van der Waals surface area contributed by atoms with Crippen LogP contribution in [0.5, 0.6) is 0 Å². The lowest BCUT2D eigenvalue weighted by Crippen LogP contribution is -1.99. The van der Waals surface area contributed by atoms with Crippen LogP contribution in [0.2, 0.25) is 0 Å². The summed E-state index contributed by atoms with van der Waals surface area (Å²) < 4.78 is 5.37. The average molecular weight is 277 g/mol. The molecule has 1 N–H and O–H groups in total. The zero-order valence-corrected chi connectivity index (χ0v) is 11.4. The standard InChI is InChI=1S/C14H15NO3S/c1-2-18-8-10-4-3-5-11(6-10)14-15-12(9-19-14)7-13(16)17/h3-6,9H,2,7-8H2,1H3,(H,16,17). The summed E-state index contributed by atoms with van der Waals surface area (Å²) in [5, 5.41) is 11.4. The Bertz CT molecular complexity index is 565. The van der Waals surface area contributed by atoms with Gasteiger partial charge in [-0.15, -0.1) is 11.3 Å². The predicted octanol–water partition coefficient (Wildman–Crippen LogP) is 2.97. The summed E-state index contributed by atoms with van der Waals surface area (Å²) in [6.07, 6.45) is -0.0326. The zero-order valence-electron chi connectivity index (χ0n) is 10.6. The second-order valence-electron chi connectivity index (χ2n) is 4.05. The SMILES string of the molecule is CCOCc1cccc(-c2nc(CC(=O)O)cs2)c1. The van der Waals surface area contributed by atoms with Crippen molar-refractivity contribution in [2.24, 2.45) is 0 Å². The number of carbonyl (C=O) groups is 1. The van der Waals surface area contributed by atoms with E-state index in [1.807, 2.05) is 31.2 Å². The van der Waals surface area contributed by atoms with Gasteiger partial charge in [0, 0.05) is 17.6 Å². The molecule has 0 fully saturated rings. The van der Waals surface area contributed by atoms with Crippen LogP contribution in [0.4, 0.5) is 0 Å². The minimum atomic E-state index is -0.859. The van der Waals surface area contributed by atoms with E-state index in [1.165, 1.54) is 11.3 Å². The highest BCUT2D eigenvalue weighted by Crippen LogP contribution is 2.25. The third kappa shape index (κ3) is 3.87. The Morgan fingerprint density at radius 2 is 2.32 bits per heavy atom. The minimum absolute atomic E-state index is 0.0326. The number of thiazole rings is 1. The molecule has 0 radical (unpaired) electrons. The van der Waals surface area contributed by atoms with Crippen molar-refractivity contribution >= 4 is 17.3 Å². The Labute approximate surface area is 115 Å². The molecule has 0 aliphatic heterocycles. The largest absolute Gasteiger partial charge is 0.481 e. The van der Waals surface area contributed by atoms with Gasteiger partial charge < -0.3 is 9.84 Å². The van der Waals surface area contributed by atoms with Crippen LogP contribution < -0.4 is 0 Å². The van der Waals surface area contributed by atoms with Gasteiger partial charge >= 0.3 is 5.97 Å². The fraction of sp³-hybridized carbons (Fsp3) is 0.286. The second-order valence-corrected chi connectivity index (χ2v) is 4.91. The van der Waals surface area contributed by atoms with E-state index >= 15 is 0 Å². The van der Waals surface area contributed by atoms with E-state index in [2.05, 4.69) is 4.98 Å². The first kappa shape index (κ1) is 13.7. The molecule has 0 unspecified atom stereocenters. The molecule has 0 amide bonds. The third-order valence-corrected chi connectivity index (χ3v) is 3.47. The number of hydrogen-bond donors (Lipinski definition) is 1. The molecule has 1 aromatic heterocycles. The van der Waals surface area contributed by atoms with Crippen LogP contribution in [0.3, 0.4) is 0 Å². The van der Waals surface area contributed by atoms with Crippen LogP contribution in [0.25, 0.3) is 10.6 Å². The lowest BCUT2D eigenvalue weighted by Gasteiger charge is -2.03. The molecule has 19 heavy (non-hydrogen) atoms. The highest BCUT2D eigenvalue weighted by atomic mass is 32.1. The molecule has 0 bridgehead atoms. The maximum Gasteiger partial charge on any atom is 0.309 e. The van der Waals surface area contributed by atoms with Gasteiger partial charge in [-0.3, -0.25) is 4.79 Å². The van der Waals surface area contributed by atoms with Crippen molar-refractivity contribution in [2.45, 2.75) is 20.0 Å². The molecule has 0 aliphatic carbocycles. The number of ether oxygens (including phenoxy) is 1. The smallest absolute Gasteiger partial charge is 0.309 e. The summed E-state index contributed by atoms with van der Waals surface area (Å²) >= 11 is 1.46. The summed E-state index contributed by atoms with van der Waals surface area (Å²) in [5.74, 6) is -0.859. The zero-order chi connectivity index (χ0) is 13.7. The van der Waals surface area contributed by atoms with E-state index in [0.29, 0.717) is 18.9 Å². The molecule has 2 aromatic rings. The van der Waals surface area contributed by atoms with Crippen molar-refractivity contribution in [1.82, 2.24) is 4.98 Å². The van der Waals surface area contributed by atoms with Crippen molar-refractivity contribution < 1.29 is 14.6 Å². The lowest BCUT2D eigenvalue weighted by atomic mass is 10.1. The Morgan fingerprint density at radius 3 is 3.05 bits per heavy atom. The van der Waals surface area contributed by atoms with Crippen LogP contribution >= 0.6 is 11.3 Å². The molecule has 1 aromatic carbocycles. The predicted molar refractivity (Wildman–Crippen MR) is 74.2 cm³/mol. The highest BCUT2D eigenvalue weighted by molar-refractivity contribution is 7.13. The van der Waals surface area contributed by atoms with Gasteiger partial charge in [-0.1, -0.05) is 18.2 Å². The Kier molecular flexibility index (Phi) is 4.65. The first-order valence-electron chi connectivity index (χ1n) is 6.02. The van der Waals surface area contributed by atoms with Gasteiger partial charge in [0.25, 0.3) is 0 Å². The van der Waals surface area contributed by atoms with Gasteiger partial charge in [0.2, 0.25) is 0 Å². The molecule has 0 saturated carbocycles. The summed E-state index contributed by atoms with van der Waals surface area (Å²) in [5.41, 5.74) is 2.69. The normalized spacial score (nSPS) is 10.6. The molecule has 100 valence electrons. The van der Waals surface area contributed by atoms with Crippen LogP contribution in [-0.4, -0.2) is 22.7 Å². The fourth-order valence-electron chi connectivity index (χ4n) is 1.69. The molecule has 1 heterocycles. The lowest BCUT2D eigenvalue weighted by molar-refractivity contribution is -0.136.